The zero-order valence-corrected chi connectivity index (χ0v) is 16.8. The summed E-state index contributed by atoms with van der Waals surface area (Å²) in [6.45, 7) is 12.6. The normalized spacial score (nSPS) is 21.8. The molecule has 0 radical (unpaired) electrons. The van der Waals surface area contributed by atoms with Gasteiger partial charge in [0.1, 0.15) is 11.2 Å². The average molecular weight is 369 g/mol. The van der Waals surface area contributed by atoms with Gasteiger partial charge in [-0.15, -0.1) is 11.8 Å². The molecule has 0 bridgehead atoms. The highest BCUT2D eigenvalue weighted by atomic mass is 32.2. The van der Waals surface area contributed by atoms with Crippen LogP contribution in [-0.2, 0) is 9.53 Å². The van der Waals surface area contributed by atoms with Crippen molar-refractivity contribution in [3.05, 3.63) is 23.0 Å². The zero-order valence-electron chi connectivity index (χ0n) is 16.0. The van der Waals surface area contributed by atoms with E-state index in [-0.39, 0.29) is 5.37 Å². The standard InChI is InChI=1S/C19H32N2O3S/c1-5-25-18-17(19(22)23)15(4)13-16(20-9-11-24-12-10-20)21(18)8-6-7-14(2)3/h13-14,18H,5-12H2,1-4H3,(H,22,23). The van der Waals surface area contributed by atoms with Crippen LogP contribution in [0.2, 0.25) is 0 Å². The maximum absolute atomic E-state index is 11.9. The van der Waals surface area contributed by atoms with Gasteiger partial charge in [-0.2, -0.15) is 0 Å². The Morgan fingerprint density at radius 3 is 2.64 bits per heavy atom. The summed E-state index contributed by atoms with van der Waals surface area (Å²) in [6.07, 6.45) is 4.30. The van der Waals surface area contributed by atoms with Crippen LogP contribution < -0.4 is 0 Å². The third-order valence-corrected chi connectivity index (χ3v) is 5.80. The Labute approximate surface area is 156 Å². The van der Waals surface area contributed by atoms with Gasteiger partial charge in [0.2, 0.25) is 0 Å². The largest absolute Gasteiger partial charge is 0.478 e. The van der Waals surface area contributed by atoms with Crippen molar-refractivity contribution in [2.75, 3.05) is 38.6 Å². The number of carboxylic acids is 1. The van der Waals surface area contributed by atoms with Crippen LogP contribution in [0.1, 0.15) is 40.5 Å². The molecule has 0 aromatic heterocycles. The summed E-state index contributed by atoms with van der Waals surface area (Å²) in [5, 5.41) is 9.66. The fourth-order valence-electron chi connectivity index (χ4n) is 3.40. The third kappa shape index (κ3) is 5.17. The van der Waals surface area contributed by atoms with Crippen molar-refractivity contribution in [3.8, 4) is 0 Å². The lowest BCUT2D eigenvalue weighted by Gasteiger charge is -2.44. The molecule has 0 amide bonds. The van der Waals surface area contributed by atoms with Gasteiger partial charge in [0.05, 0.1) is 18.8 Å². The van der Waals surface area contributed by atoms with Gasteiger partial charge >= 0.3 is 5.97 Å². The van der Waals surface area contributed by atoms with E-state index in [1.807, 2.05) is 6.92 Å². The van der Waals surface area contributed by atoms with Crippen molar-refractivity contribution in [3.63, 3.8) is 0 Å². The highest BCUT2D eigenvalue weighted by molar-refractivity contribution is 8.00. The summed E-state index contributed by atoms with van der Waals surface area (Å²) in [5.41, 5.74) is 1.41. The van der Waals surface area contributed by atoms with Gasteiger partial charge in [0, 0.05) is 19.6 Å². The Morgan fingerprint density at radius 2 is 2.08 bits per heavy atom. The first-order valence-electron chi connectivity index (χ1n) is 9.32. The lowest BCUT2D eigenvalue weighted by Crippen LogP contribution is -2.48. The number of thioether (sulfide) groups is 1. The molecule has 142 valence electrons. The maximum atomic E-state index is 11.9. The van der Waals surface area contributed by atoms with Crippen molar-refractivity contribution in [2.45, 2.75) is 45.9 Å². The number of allylic oxidation sites excluding steroid dienone is 2. The van der Waals surface area contributed by atoms with Crippen LogP contribution in [-0.4, -0.2) is 64.9 Å². The smallest absolute Gasteiger partial charge is 0.334 e. The van der Waals surface area contributed by atoms with E-state index in [4.69, 9.17) is 4.74 Å². The number of morpholine rings is 1. The summed E-state index contributed by atoms with van der Waals surface area (Å²) < 4.78 is 5.50. The summed E-state index contributed by atoms with van der Waals surface area (Å²) in [7, 11) is 0. The molecule has 0 aliphatic carbocycles. The Kier molecular flexibility index (Phi) is 7.69. The highest BCUT2D eigenvalue weighted by Crippen LogP contribution is 2.35. The SMILES string of the molecule is CCSC1C(C(=O)O)=C(C)C=C(N2CCOCC2)N1CCCC(C)C. The van der Waals surface area contributed by atoms with E-state index < -0.39 is 5.97 Å². The molecule has 1 atom stereocenters. The molecular formula is C19H32N2O3S. The van der Waals surface area contributed by atoms with Crippen LogP contribution in [0, 0.1) is 5.92 Å². The fraction of sp³-hybridized carbons (Fsp3) is 0.737. The van der Waals surface area contributed by atoms with Gasteiger partial charge in [0.15, 0.2) is 0 Å². The number of carboxylic acid groups (broad SMARTS) is 1. The quantitative estimate of drug-likeness (QED) is 0.709. The molecule has 2 aliphatic rings. The number of ether oxygens (including phenoxy) is 1. The monoisotopic (exact) mass is 368 g/mol. The molecule has 2 rings (SSSR count). The minimum atomic E-state index is -0.797. The Hall–Kier alpha value is -1.14. The fourth-order valence-corrected chi connectivity index (χ4v) is 4.56. The number of aliphatic carboxylic acids is 1. The second kappa shape index (κ2) is 9.53. The lowest BCUT2D eigenvalue weighted by atomic mass is 10.0. The van der Waals surface area contributed by atoms with Gasteiger partial charge < -0.3 is 19.6 Å². The van der Waals surface area contributed by atoms with Crippen LogP contribution in [0.15, 0.2) is 23.0 Å². The van der Waals surface area contributed by atoms with Gasteiger partial charge in [-0.05, 0) is 43.1 Å². The van der Waals surface area contributed by atoms with Gasteiger partial charge in [-0.3, -0.25) is 0 Å². The number of rotatable bonds is 8. The van der Waals surface area contributed by atoms with Crippen LogP contribution in [0.3, 0.4) is 0 Å². The summed E-state index contributed by atoms with van der Waals surface area (Å²) in [6, 6.07) is 0. The van der Waals surface area contributed by atoms with E-state index in [2.05, 4.69) is 36.6 Å². The van der Waals surface area contributed by atoms with E-state index >= 15 is 0 Å². The number of hydrogen-bond donors (Lipinski definition) is 1. The molecule has 6 heteroatoms. The Bertz CT molecular complexity index is 525. The second-order valence-electron chi connectivity index (χ2n) is 7.04. The molecule has 5 nitrogen and oxygen atoms in total. The Balaban J connectivity index is 2.32. The van der Waals surface area contributed by atoms with E-state index in [9.17, 15) is 9.90 Å². The number of carbonyl (C=O) groups is 1. The van der Waals surface area contributed by atoms with E-state index in [1.165, 1.54) is 5.82 Å². The van der Waals surface area contributed by atoms with Gasteiger partial charge in [-0.1, -0.05) is 20.8 Å². The van der Waals surface area contributed by atoms with Crippen molar-refractivity contribution < 1.29 is 14.6 Å². The summed E-state index contributed by atoms with van der Waals surface area (Å²) in [5.74, 6) is 1.93. The van der Waals surface area contributed by atoms with Gasteiger partial charge in [-0.25, -0.2) is 4.79 Å². The molecule has 1 fully saturated rings. The molecule has 0 spiro atoms. The number of hydrogen-bond acceptors (Lipinski definition) is 5. The van der Waals surface area contributed by atoms with Crippen molar-refractivity contribution in [1.29, 1.82) is 0 Å². The van der Waals surface area contributed by atoms with Crippen molar-refractivity contribution >= 4 is 17.7 Å². The minimum Gasteiger partial charge on any atom is -0.478 e. The molecule has 1 saturated heterocycles. The summed E-state index contributed by atoms with van der Waals surface area (Å²) in [4.78, 5) is 16.6. The average Bonchev–Trinajstić information content (AvgIpc) is 2.56. The lowest BCUT2D eigenvalue weighted by molar-refractivity contribution is -0.133. The summed E-state index contributed by atoms with van der Waals surface area (Å²) >= 11 is 1.72. The molecule has 0 aromatic rings. The van der Waals surface area contributed by atoms with Crippen LogP contribution in [0.25, 0.3) is 0 Å². The van der Waals surface area contributed by atoms with E-state index in [1.54, 1.807) is 11.8 Å². The predicted octanol–water partition coefficient (Wildman–Crippen LogP) is 3.39. The first kappa shape index (κ1) is 20.2. The van der Waals surface area contributed by atoms with Crippen LogP contribution in [0.5, 0.6) is 0 Å². The van der Waals surface area contributed by atoms with Crippen LogP contribution in [0.4, 0.5) is 0 Å². The molecule has 1 unspecified atom stereocenters. The van der Waals surface area contributed by atoms with E-state index in [0.717, 1.165) is 57.0 Å². The first-order valence-corrected chi connectivity index (χ1v) is 10.4. The maximum Gasteiger partial charge on any atom is 0.334 e. The van der Waals surface area contributed by atoms with E-state index in [0.29, 0.717) is 11.5 Å². The molecule has 25 heavy (non-hydrogen) atoms. The molecular weight excluding hydrogens is 336 g/mol. The van der Waals surface area contributed by atoms with Crippen molar-refractivity contribution in [2.24, 2.45) is 5.92 Å². The predicted molar refractivity (Wildman–Crippen MR) is 104 cm³/mol. The number of nitrogens with zero attached hydrogens (tertiary/aromatic N) is 2. The molecule has 1 N–H and O–H groups in total. The topological polar surface area (TPSA) is 53.0 Å². The first-order chi connectivity index (χ1) is 12.0. The highest BCUT2D eigenvalue weighted by Gasteiger charge is 2.35. The van der Waals surface area contributed by atoms with Crippen molar-refractivity contribution in [1.82, 2.24) is 9.80 Å². The van der Waals surface area contributed by atoms with Gasteiger partial charge in [0.25, 0.3) is 0 Å². The Morgan fingerprint density at radius 1 is 1.40 bits per heavy atom. The second-order valence-corrected chi connectivity index (χ2v) is 8.40. The molecule has 0 saturated carbocycles. The minimum absolute atomic E-state index is 0.113. The third-order valence-electron chi connectivity index (χ3n) is 4.67. The zero-order chi connectivity index (χ0) is 18.4. The van der Waals surface area contributed by atoms with Crippen LogP contribution >= 0.6 is 11.8 Å². The molecule has 0 aromatic carbocycles. The molecule has 2 aliphatic heterocycles. The molecule has 2 heterocycles.